The van der Waals surface area contributed by atoms with Crippen molar-refractivity contribution in [3.63, 3.8) is 0 Å². The molecule has 19 heavy (non-hydrogen) atoms. The van der Waals surface area contributed by atoms with Crippen LogP contribution in [0.5, 0.6) is 17.2 Å². The molecule has 0 radical (unpaired) electrons. The fourth-order valence-electron chi connectivity index (χ4n) is 1.80. The van der Waals surface area contributed by atoms with Crippen LogP contribution in [0.15, 0.2) is 12.1 Å². The topological polar surface area (TPSA) is 47.9 Å². The molecule has 0 bridgehead atoms. The number of hydrogen-bond donors (Lipinski definition) is 1. The van der Waals surface area contributed by atoms with E-state index in [1.54, 1.807) is 40.4 Å². The van der Waals surface area contributed by atoms with Gasteiger partial charge >= 0.3 is 0 Å². The molecule has 1 rings (SSSR count). The van der Waals surface area contributed by atoms with Gasteiger partial charge in [0.2, 0.25) is 0 Å². The van der Waals surface area contributed by atoms with Crippen LogP contribution in [0.25, 0.3) is 0 Å². The highest BCUT2D eigenvalue weighted by Crippen LogP contribution is 2.38. The third-order valence-electron chi connectivity index (χ3n) is 2.81. The number of benzene rings is 1. The summed E-state index contributed by atoms with van der Waals surface area (Å²) < 4.78 is 15.7. The normalized spacial score (nSPS) is 11.2. The summed E-state index contributed by atoms with van der Waals surface area (Å²) in [6.07, 6.45) is 0.539. The number of hydrogen-bond acceptors (Lipinski definition) is 4. The summed E-state index contributed by atoms with van der Waals surface area (Å²) in [4.78, 5) is 0. The summed E-state index contributed by atoms with van der Waals surface area (Å²) in [5.74, 6) is 7.46. The Balaban J connectivity index is 3.05. The van der Waals surface area contributed by atoms with Crippen LogP contribution in [0.4, 0.5) is 0 Å². The lowest BCUT2D eigenvalue weighted by Gasteiger charge is -2.17. The van der Waals surface area contributed by atoms with Crippen LogP contribution < -0.4 is 14.2 Å². The Kier molecular flexibility index (Phi) is 6.04. The molecule has 0 spiro atoms. The standard InChI is InChI=1S/C15H20O4/c1-5-6-7-8-12(16)11-9-14(18-3)15(19-4)10-13(11)17-2/h9-10,12,16H,7-8H2,1-4H3. The zero-order valence-electron chi connectivity index (χ0n) is 11.8. The number of rotatable bonds is 6. The minimum absolute atomic E-state index is 0.548. The Bertz CT molecular complexity index is 471. The molecule has 4 nitrogen and oxygen atoms in total. The molecule has 4 heteroatoms. The van der Waals surface area contributed by atoms with Gasteiger partial charge in [-0.1, -0.05) is 0 Å². The second kappa shape index (κ2) is 7.55. The van der Waals surface area contributed by atoms with E-state index in [0.29, 0.717) is 35.7 Å². The minimum atomic E-state index is -0.643. The smallest absolute Gasteiger partial charge is 0.164 e. The Hall–Kier alpha value is -1.86. The highest BCUT2D eigenvalue weighted by Gasteiger charge is 2.17. The Labute approximate surface area is 114 Å². The van der Waals surface area contributed by atoms with E-state index in [0.717, 1.165) is 0 Å². The first-order chi connectivity index (χ1) is 9.17. The molecule has 0 saturated heterocycles. The van der Waals surface area contributed by atoms with Crippen LogP contribution in [-0.2, 0) is 0 Å². The molecule has 104 valence electrons. The second-order valence-corrected chi connectivity index (χ2v) is 3.93. The molecule has 1 N–H and O–H groups in total. The fraction of sp³-hybridized carbons (Fsp3) is 0.467. The molecule has 0 aliphatic rings. The van der Waals surface area contributed by atoms with E-state index in [-0.39, 0.29) is 0 Å². The summed E-state index contributed by atoms with van der Waals surface area (Å²) in [7, 11) is 4.68. The van der Waals surface area contributed by atoms with Crippen molar-refractivity contribution in [2.75, 3.05) is 21.3 Å². The number of aliphatic hydroxyl groups is 1. The van der Waals surface area contributed by atoms with E-state index < -0.39 is 6.10 Å². The lowest BCUT2D eigenvalue weighted by Crippen LogP contribution is -2.02. The van der Waals surface area contributed by atoms with E-state index in [9.17, 15) is 5.11 Å². The zero-order chi connectivity index (χ0) is 14.3. The second-order valence-electron chi connectivity index (χ2n) is 3.93. The van der Waals surface area contributed by atoms with Crippen molar-refractivity contribution in [3.8, 4) is 29.1 Å². The maximum atomic E-state index is 10.2. The molecule has 1 atom stereocenters. The monoisotopic (exact) mass is 264 g/mol. The maximum Gasteiger partial charge on any atom is 0.164 e. The average Bonchev–Trinajstić information content (AvgIpc) is 2.45. The van der Waals surface area contributed by atoms with Gasteiger partial charge in [-0.3, -0.25) is 0 Å². The lowest BCUT2D eigenvalue weighted by molar-refractivity contribution is 0.164. The van der Waals surface area contributed by atoms with Gasteiger partial charge in [-0.2, -0.15) is 0 Å². The molecule has 1 aromatic carbocycles. The first-order valence-electron chi connectivity index (χ1n) is 6.05. The van der Waals surface area contributed by atoms with E-state index in [1.165, 1.54) is 0 Å². The van der Waals surface area contributed by atoms with Gasteiger partial charge in [0.25, 0.3) is 0 Å². The van der Waals surface area contributed by atoms with Crippen LogP contribution in [-0.4, -0.2) is 26.4 Å². The zero-order valence-corrected chi connectivity index (χ0v) is 11.8. The number of methoxy groups -OCH3 is 3. The summed E-state index contributed by atoms with van der Waals surface area (Å²) >= 11 is 0. The van der Waals surface area contributed by atoms with Gasteiger partial charge in [0.15, 0.2) is 11.5 Å². The molecule has 0 aliphatic carbocycles. The molecular weight excluding hydrogens is 244 g/mol. The molecule has 0 aliphatic heterocycles. The molecule has 1 aromatic rings. The Morgan fingerprint density at radius 3 is 2.16 bits per heavy atom. The molecule has 0 amide bonds. The fourth-order valence-corrected chi connectivity index (χ4v) is 1.80. The van der Waals surface area contributed by atoms with Crippen LogP contribution in [0.1, 0.15) is 31.4 Å². The third-order valence-corrected chi connectivity index (χ3v) is 2.81. The van der Waals surface area contributed by atoms with Crippen molar-refractivity contribution >= 4 is 0 Å². The van der Waals surface area contributed by atoms with E-state index in [1.807, 2.05) is 0 Å². The largest absolute Gasteiger partial charge is 0.496 e. The average molecular weight is 264 g/mol. The van der Waals surface area contributed by atoms with Gasteiger partial charge in [-0.05, 0) is 19.4 Å². The molecule has 1 unspecified atom stereocenters. The summed E-state index contributed by atoms with van der Waals surface area (Å²) in [5, 5.41) is 10.2. The maximum absolute atomic E-state index is 10.2. The predicted molar refractivity (Wildman–Crippen MR) is 73.7 cm³/mol. The Morgan fingerprint density at radius 2 is 1.63 bits per heavy atom. The van der Waals surface area contributed by atoms with Crippen molar-refractivity contribution in [2.24, 2.45) is 0 Å². The molecular formula is C15H20O4. The predicted octanol–water partition coefficient (Wildman–Crippen LogP) is 2.55. The van der Waals surface area contributed by atoms with Crippen LogP contribution in [0.3, 0.4) is 0 Å². The van der Waals surface area contributed by atoms with Gasteiger partial charge in [-0.15, -0.1) is 11.8 Å². The SMILES string of the molecule is CC#CCCC(O)c1cc(OC)c(OC)cc1OC. The van der Waals surface area contributed by atoms with Crippen molar-refractivity contribution in [2.45, 2.75) is 25.9 Å². The van der Waals surface area contributed by atoms with Crippen LogP contribution in [0.2, 0.25) is 0 Å². The Morgan fingerprint density at radius 1 is 1.05 bits per heavy atom. The van der Waals surface area contributed by atoms with Crippen LogP contribution in [0, 0.1) is 11.8 Å². The molecule has 0 aromatic heterocycles. The van der Waals surface area contributed by atoms with Gasteiger partial charge < -0.3 is 19.3 Å². The van der Waals surface area contributed by atoms with E-state index >= 15 is 0 Å². The molecule has 0 fully saturated rings. The third kappa shape index (κ3) is 3.80. The van der Waals surface area contributed by atoms with Crippen LogP contribution >= 0.6 is 0 Å². The van der Waals surface area contributed by atoms with Gasteiger partial charge in [0.1, 0.15) is 5.75 Å². The van der Waals surface area contributed by atoms with E-state index in [4.69, 9.17) is 14.2 Å². The molecule has 0 heterocycles. The van der Waals surface area contributed by atoms with Crippen molar-refractivity contribution in [1.29, 1.82) is 0 Å². The first kappa shape index (κ1) is 15.2. The highest BCUT2D eigenvalue weighted by molar-refractivity contribution is 5.51. The van der Waals surface area contributed by atoms with Gasteiger partial charge in [0, 0.05) is 18.1 Å². The van der Waals surface area contributed by atoms with Crippen molar-refractivity contribution in [3.05, 3.63) is 17.7 Å². The first-order valence-corrected chi connectivity index (χ1v) is 6.05. The summed E-state index contributed by atoms with van der Waals surface area (Å²) in [6.45, 7) is 1.78. The summed E-state index contributed by atoms with van der Waals surface area (Å²) in [5.41, 5.74) is 0.679. The quantitative estimate of drug-likeness (QED) is 0.802. The van der Waals surface area contributed by atoms with Crippen molar-refractivity contribution in [1.82, 2.24) is 0 Å². The number of ether oxygens (including phenoxy) is 3. The number of aliphatic hydroxyl groups excluding tert-OH is 1. The van der Waals surface area contributed by atoms with Gasteiger partial charge in [0.05, 0.1) is 27.4 Å². The van der Waals surface area contributed by atoms with E-state index in [2.05, 4.69) is 11.8 Å². The molecule has 0 saturated carbocycles. The van der Waals surface area contributed by atoms with Gasteiger partial charge in [-0.25, -0.2) is 0 Å². The lowest BCUT2D eigenvalue weighted by atomic mass is 10.0. The minimum Gasteiger partial charge on any atom is -0.496 e. The van der Waals surface area contributed by atoms with Crippen molar-refractivity contribution < 1.29 is 19.3 Å². The summed E-state index contributed by atoms with van der Waals surface area (Å²) in [6, 6.07) is 3.45. The highest BCUT2D eigenvalue weighted by atomic mass is 16.5.